The van der Waals surface area contributed by atoms with Gasteiger partial charge < -0.3 is 5.11 Å². The Morgan fingerprint density at radius 2 is 1.40 bits per heavy atom. The number of halogens is 2. The van der Waals surface area contributed by atoms with Crippen molar-refractivity contribution in [1.29, 1.82) is 0 Å². The quantitative estimate of drug-likeness (QED) is 0.306. The zero-order valence-corrected chi connectivity index (χ0v) is 21.9. The molecule has 4 rings (SSSR count). The van der Waals surface area contributed by atoms with E-state index in [1.807, 2.05) is 32.0 Å². The highest BCUT2D eigenvalue weighted by atomic mass is 19.1. The van der Waals surface area contributed by atoms with E-state index in [2.05, 4.69) is 40.7 Å². The standard InChI is InChI=1S/C32H36F2O/c1-8-22-27(33)14-13-19-11-10-12-25(29(19)22)32(6,7)18-20-15-28(34)23(9-2)30-24(20)16-21(35)17-26(30)31(3,4)5/h10-17,35H,8-9,18H2,1-7H3. The monoisotopic (exact) mass is 474 g/mol. The van der Waals surface area contributed by atoms with Gasteiger partial charge in [-0.25, -0.2) is 8.78 Å². The first kappa shape index (κ1) is 25.2. The van der Waals surface area contributed by atoms with E-state index in [9.17, 15) is 9.50 Å². The summed E-state index contributed by atoms with van der Waals surface area (Å²) in [7, 11) is 0. The van der Waals surface area contributed by atoms with Gasteiger partial charge in [0.2, 0.25) is 0 Å². The molecule has 35 heavy (non-hydrogen) atoms. The summed E-state index contributed by atoms with van der Waals surface area (Å²) in [5, 5.41) is 14.4. The minimum atomic E-state index is -0.405. The SMILES string of the molecule is CCc1c(F)ccc2cccc(C(C)(C)Cc3cc(F)c(CC)c4c(C(C)(C)C)cc(O)cc34)c12. The van der Waals surface area contributed by atoms with Crippen molar-refractivity contribution in [1.82, 2.24) is 0 Å². The average molecular weight is 475 g/mol. The Hall–Kier alpha value is -2.94. The molecule has 0 aliphatic heterocycles. The predicted octanol–water partition coefficient (Wildman–Crippen LogP) is 8.92. The lowest BCUT2D eigenvalue weighted by Crippen LogP contribution is -2.22. The van der Waals surface area contributed by atoms with E-state index in [0.29, 0.717) is 24.8 Å². The van der Waals surface area contributed by atoms with E-state index in [4.69, 9.17) is 0 Å². The number of aryl methyl sites for hydroxylation is 2. The predicted molar refractivity (Wildman–Crippen MR) is 144 cm³/mol. The second-order valence-corrected chi connectivity index (χ2v) is 11.4. The van der Waals surface area contributed by atoms with Gasteiger partial charge in [0.1, 0.15) is 17.4 Å². The van der Waals surface area contributed by atoms with Crippen LogP contribution in [0.2, 0.25) is 0 Å². The molecule has 0 atom stereocenters. The van der Waals surface area contributed by atoms with E-state index >= 15 is 4.39 Å². The lowest BCUT2D eigenvalue weighted by atomic mass is 9.74. The summed E-state index contributed by atoms with van der Waals surface area (Å²) in [5.74, 6) is -0.206. The van der Waals surface area contributed by atoms with Gasteiger partial charge in [-0.15, -0.1) is 0 Å². The van der Waals surface area contributed by atoms with Crippen LogP contribution < -0.4 is 0 Å². The van der Waals surface area contributed by atoms with Crippen LogP contribution in [0.4, 0.5) is 8.78 Å². The minimum absolute atomic E-state index is 0.188. The van der Waals surface area contributed by atoms with E-state index < -0.39 is 5.41 Å². The molecule has 0 saturated heterocycles. The lowest BCUT2D eigenvalue weighted by molar-refractivity contribution is 0.472. The summed E-state index contributed by atoms with van der Waals surface area (Å²) in [4.78, 5) is 0. The summed E-state index contributed by atoms with van der Waals surface area (Å²) >= 11 is 0. The van der Waals surface area contributed by atoms with Gasteiger partial charge in [0.05, 0.1) is 0 Å². The zero-order chi connectivity index (χ0) is 25.7. The molecule has 0 bridgehead atoms. The first-order valence-electron chi connectivity index (χ1n) is 12.6. The van der Waals surface area contributed by atoms with Gasteiger partial charge in [-0.05, 0) is 104 Å². The third kappa shape index (κ3) is 4.42. The number of hydrogen-bond donors (Lipinski definition) is 1. The Morgan fingerprint density at radius 1 is 0.743 bits per heavy atom. The summed E-state index contributed by atoms with van der Waals surface area (Å²) in [6.45, 7) is 14.5. The highest BCUT2D eigenvalue weighted by Crippen LogP contribution is 2.42. The maximum Gasteiger partial charge on any atom is 0.127 e. The molecule has 1 N–H and O–H groups in total. The summed E-state index contributed by atoms with van der Waals surface area (Å²) in [6, 6.07) is 14.7. The molecule has 0 aromatic heterocycles. The Kier molecular flexibility index (Phi) is 6.42. The molecule has 3 heteroatoms. The molecule has 1 nitrogen and oxygen atoms in total. The third-order valence-corrected chi connectivity index (χ3v) is 7.33. The fourth-order valence-electron chi connectivity index (χ4n) is 5.64. The molecule has 0 fully saturated rings. The Bertz CT molecular complexity index is 1420. The van der Waals surface area contributed by atoms with E-state index in [-0.39, 0.29) is 22.8 Å². The van der Waals surface area contributed by atoms with Crippen LogP contribution in [-0.2, 0) is 30.1 Å². The van der Waals surface area contributed by atoms with Gasteiger partial charge in [0.15, 0.2) is 0 Å². The molecule has 0 aliphatic rings. The van der Waals surface area contributed by atoms with Crippen molar-refractivity contribution in [3.8, 4) is 5.75 Å². The van der Waals surface area contributed by atoms with Crippen molar-refractivity contribution in [3.63, 3.8) is 0 Å². The molecule has 184 valence electrons. The molecule has 4 aromatic rings. The van der Waals surface area contributed by atoms with E-state index in [1.54, 1.807) is 24.3 Å². The fraction of sp³-hybridized carbons (Fsp3) is 0.375. The Morgan fingerprint density at radius 3 is 2.03 bits per heavy atom. The van der Waals surface area contributed by atoms with Crippen molar-refractivity contribution in [2.24, 2.45) is 0 Å². The van der Waals surface area contributed by atoms with Crippen LogP contribution in [0.3, 0.4) is 0 Å². The number of fused-ring (bicyclic) bond motifs is 2. The van der Waals surface area contributed by atoms with E-state index in [0.717, 1.165) is 43.8 Å². The minimum Gasteiger partial charge on any atom is -0.508 e. The number of phenolic OH excluding ortho intramolecular Hbond substituents is 1. The number of benzene rings is 4. The highest BCUT2D eigenvalue weighted by molar-refractivity contribution is 5.94. The molecule has 0 spiro atoms. The molecule has 0 amide bonds. The van der Waals surface area contributed by atoms with Crippen molar-refractivity contribution in [3.05, 3.63) is 88.0 Å². The summed E-state index contributed by atoms with van der Waals surface area (Å²) in [6.07, 6.45) is 1.72. The fourth-order valence-corrected chi connectivity index (χ4v) is 5.64. The molecule has 0 radical (unpaired) electrons. The molecule has 0 unspecified atom stereocenters. The van der Waals surface area contributed by atoms with Crippen LogP contribution >= 0.6 is 0 Å². The van der Waals surface area contributed by atoms with Gasteiger partial charge in [0, 0.05) is 0 Å². The number of phenols is 1. The molecule has 4 aromatic carbocycles. The van der Waals surface area contributed by atoms with Crippen molar-refractivity contribution in [2.75, 3.05) is 0 Å². The van der Waals surface area contributed by atoms with E-state index in [1.165, 1.54) is 0 Å². The Balaban J connectivity index is 1.99. The number of hydrogen-bond acceptors (Lipinski definition) is 1. The topological polar surface area (TPSA) is 20.2 Å². The second-order valence-electron chi connectivity index (χ2n) is 11.4. The van der Waals surface area contributed by atoms with Gasteiger partial charge in [0.25, 0.3) is 0 Å². The molecular weight excluding hydrogens is 438 g/mol. The molecule has 0 aliphatic carbocycles. The normalized spacial score (nSPS) is 12.6. The van der Waals surface area contributed by atoms with Gasteiger partial charge in [-0.3, -0.25) is 0 Å². The largest absolute Gasteiger partial charge is 0.508 e. The number of rotatable bonds is 5. The Labute approximate surface area is 207 Å². The maximum atomic E-state index is 15.5. The highest BCUT2D eigenvalue weighted by Gasteiger charge is 2.28. The van der Waals surface area contributed by atoms with Crippen LogP contribution in [-0.4, -0.2) is 5.11 Å². The average Bonchev–Trinajstić information content (AvgIpc) is 2.78. The molecule has 0 saturated carbocycles. The zero-order valence-electron chi connectivity index (χ0n) is 21.9. The lowest BCUT2D eigenvalue weighted by Gasteiger charge is -2.30. The van der Waals surface area contributed by atoms with Crippen LogP contribution in [0.1, 0.15) is 76.3 Å². The van der Waals surface area contributed by atoms with Gasteiger partial charge in [-0.1, -0.05) is 72.7 Å². The summed E-state index contributed by atoms with van der Waals surface area (Å²) < 4.78 is 30.3. The second kappa shape index (κ2) is 8.93. The van der Waals surface area contributed by atoms with Gasteiger partial charge in [-0.2, -0.15) is 0 Å². The first-order chi connectivity index (χ1) is 16.4. The smallest absolute Gasteiger partial charge is 0.127 e. The van der Waals surface area contributed by atoms with Crippen LogP contribution in [0.5, 0.6) is 5.75 Å². The third-order valence-electron chi connectivity index (χ3n) is 7.33. The van der Waals surface area contributed by atoms with Gasteiger partial charge >= 0.3 is 0 Å². The van der Waals surface area contributed by atoms with Crippen molar-refractivity contribution in [2.45, 2.75) is 78.6 Å². The first-order valence-corrected chi connectivity index (χ1v) is 12.6. The van der Waals surface area contributed by atoms with Crippen LogP contribution in [0.25, 0.3) is 21.5 Å². The maximum absolute atomic E-state index is 15.5. The molecular formula is C32H36F2O. The van der Waals surface area contributed by atoms with Crippen LogP contribution in [0.15, 0.2) is 48.5 Å². The number of aromatic hydroxyl groups is 1. The van der Waals surface area contributed by atoms with Crippen molar-refractivity contribution >= 4 is 21.5 Å². The summed E-state index contributed by atoms with van der Waals surface area (Å²) in [5.41, 5.74) is 3.59. The molecule has 0 heterocycles. The van der Waals surface area contributed by atoms with Crippen molar-refractivity contribution < 1.29 is 13.9 Å². The van der Waals surface area contributed by atoms with Crippen LogP contribution in [0, 0.1) is 11.6 Å².